The minimum atomic E-state index is -0.196. The molecule has 1 aromatic heterocycles. The van der Waals surface area contributed by atoms with Gasteiger partial charge in [-0.3, -0.25) is 9.59 Å². The number of rotatable bonds is 3. The summed E-state index contributed by atoms with van der Waals surface area (Å²) in [5, 5.41) is 2.94. The zero-order valence-electron chi connectivity index (χ0n) is 13.6. The van der Waals surface area contributed by atoms with Crippen LogP contribution in [-0.2, 0) is 11.2 Å². The van der Waals surface area contributed by atoms with Crippen molar-refractivity contribution in [1.29, 1.82) is 0 Å². The highest BCUT2D eigenvalue weighted by atomic mass is 16.3. The van der Waals surface area contributed by atoms with E-state index in [2.05, 4.69) is 5.32 Å². The van der Waals surface area contributed by atoms with Crippen molar-refractivity contribution in [3.05, 3.63) is 53.0 Å². The summed E-state index contributed by atoms with van der Waals surface area (Å²) in [4.78, 5) is 25.7. The van der Waals surface area contributed by atoms with Crippen LogP contribution in [0.3, 0.4) is 0 Å². The molecule has 5 heteroatoms. The second kappa shape index (κ2) is 5.91. The third kappa shape index (κ3) is 2.99. The topological polar surface area (TPSA) is 62.6 Å². The molecule has 1 aromatic carbocycles. The third-order valence-corrected chi connectivity index (χ3v) is 4.15. The van der Waals surface area contributed by atoms with E-state index in [9.17, 15) is 9.59 Å². The molecule has 0 bridgehead atoms. The van der Waals surface area contributed by atoms with Crippen LogP contribution < -0.4 is 10.2 Å². The summed E-state index contributed by atoms with van der Waals surface area (Å²) in [6.45, 7) is 6.00. The number of hydrogen-bond donors (Lipinski definition) is 1. The van der Waals surface area contributed by atoms with Crippen LogP contribution in [0.15, 0.2) is 34.7 Å². The first-order valence-corrected chi connectivity index (χ1v) is 7.74. The number of aryl methyl sites for hydroxylation is 1. The first-order valence-electron chi connectivity index (χ1n) is 7.74. The molecule has 0 saturated heterocycles. The minimum Gasteiger partial charge on any atom is -0.464 e. The molecule has 120 valence electrons. The Morgan fingerprint density at radius 1 is 1.26 bits per heavy atom. The van der Waals surface area contributed by atoms with Crippen LogP contribution >= 0.6 is 0 Å². The molecule has 5 nitrogen and oxygen atoms in total. The summed E-state index contributed by atoms with van der Waals surface area (Å²) < 4.78 is 5.54. The van der Waals surface area contributed by atoms with Gasteiger partial charge in [0, 0.05) is 24.7 Å². The molecule has 1 aliphatic heterocycles. The summed E-state index contributed by atoms with van der Waals surface area (Å²) in [5.74, 6) is 1.45. The van der Waals surface area contributed by atoms with E-state index < -0.39 is 0 Å². The molecule has 1 atom stereocenters. The Bertz CT molecular complexity index is 763. The van der Waals surface area contributed by atoms with Gasteiger partial charge in [-0.2, -0.15) is 0 Å². The van der Waals surface area contributed by atoms with E-state index in [0.29, 0.717) is 12.1 Å². The molecule has 1 N–H and O–H groups in total. The monoisotopic (exact) mass is 312 g/mol. The zero-order valence-corrected chi connectivity index (χ0v) is 13.6. The molecule has 2 amide bonds. The summed E-state index contributed by atoms with van der Waals surface area (Å²) in [6, 6.07) is 9.03. The predicted molar refractivity (Wildman–Crippen MR) is 87.5 cm³/mol. The van der Waals surface area contributed by atoms with Gasteiger partial charge in [0.2, 0.25) is 5.91 Å². The van der Waals surface area contributed by atoms with Gasteiger partial charge in [-0.25, -0.2) is 0 Å². The summed E-state index contributed by atoms with van der Waals surface area (Å²) >= 11 is 0. The van der Waals surface area contributed by atoms with E-state index in [1.807, 2.05) is 38.1 Å². The Morgan fingerprint density at radius 3 is 2.70 bits per heavy atom. The highest BCUT2D eigenvalue weighted by Gasteiger charge is 2.23. The second-order valence-electron chi connectivity index (χ2n) is 5.91. The molecule has 23 heavy (non-hydrogen) atoms. The van der Waals surface area contributed by atoms with Gasteiger partial charge in [0.25, 0.3) is 5.91 Å². The number of carbonyl (C=O) groups is 2. The maximum Gasteiger partial charge on any atom is 0.251 e. The van der Waals surface area contributed by atoms with Gasteiger partial charge in [0.1, 0.15) is 11.5 Å². The summed E-state index contributed by atoms with van der Waals surface area (Å²) in [6.07, 6.45) is 0.781. The molecule has 0 radical (unpaired) electrons. The van der Waals surface area contributed by atoms with E-state index in [4.69, 9.17) is 4.42 Å². The van der Waals surface area contributed by atoms with E-state index in [0.717, 1.165) is 29.2 Å². The molecule has 0 saturated carbocycles. The van der Waals surface area contributed by atoms with Crippen LogP contribution in [0.4, 0.5) is 5.69 Å². The fourth-order valence-electron chi connectivity index (χ4n) is 2.91. The number of furan rings is 1. The average molecular weight is 312 g/mol. The van der Waals surface area contributed by atoms with Crippen molar-refractivity contribution in [2.24, 2.45) is 0 Å². The minimum absolute atomic E-state index is 0.0303. The van der Waals surface area contributed by atoms with Crippen LogP contribution in [0.5, 0.6) is 0 Å². The van der Waals surface area contributed by atoms with Crippen molar-refractivity contribution in [2.75, 3.05) is 11.4 Å². The van der Waals surface area contributed by atoms with Gasteiger partial charge in [0.05, 0.1) is 6.04 Å². The molecule has 2 heterocycles. The van der Waals surface area contributed by atoms with Gasteiger partial charge in [0.15, 0.2) is 0 Å². The molecular formula is C18H20N2O3. The molecule has 0 aliphatic carbocycles. The molecule has 2 aromatic rings. The van der Waals surface area contributed by atoms with Crippen molar-refractivity contribution in [3.63, 3.8) is 0 Å². The Labute approximate surface area is 135 Å². The van der Waals surface area contributed by atoms with E-state index in [-0.39, 0.29) is 17.9 Å². The first-order chi connectivity index (χ1) is 11.0. The maximum absolute atomic E-state index is 12.4. The normalized spacial score (nSPS) is 14.5. The number of carbonyl (C=O) groups excluding carboxylic acids is 2. The molecular weight excluding hydrogens is 292 g/mol. The lowest BCUT2D eigenvalue weighted by atomic mass is 10.1. The maximum atomic E-state index is 12.4. The van der Waals surface area contributed by atoms with Crippen molar-refractivity contribution >= 4 is 17.5 Å². The largest absolute Gasteiger partial charge is 0.464 e. The zero-order chi connectivity index (χ0) is 16.6. The van der Waals surface area contributed by atoms with Gasteiger partial charge < -0.3 is 14.6 Å². The predicted octanol–water partition coefficient (Wildman–Crippen LogP) is 2.99. The highest BCUT2D eigenvalue weighted by molar-refractivity contribution is 5.98. The van der Waals surface area contributed by atoms with Crippen molar-refractivity contribution in [2.45, 2.75) is 33.2 Å². The fourth-order valence-corrected chi connectivity index (χ4v) is 2.91. The summed E-state index contributed by atoms with van der Waals surface area (Å²) in [7, 11) is 0. The van der Waals surface area contributed by atoms with Gasteiger partial charge >= 0.3 is 0 Å². The van der Waals surface area contributed by atoms with E-state index >= 15 is 0 Å². The standard InChI is InChI=1S/C18H20N2O3/c1-11-4-7-17(23-11)12(2)19-18(22)15-5-6-16-14(10-15)8-9-20(16)13(3)21/h4-7,10,12H,8-9H2,1-3H3,(H,19,22)/t12-/m1/s1. The number of amides is 2. The lowest BCUT2D eigenvalue weighted by Gasteiger charge is -2.15. The van der Waals surface area contributed by atoms with Crippen LogP contribution in [0.25, 0.3) is 0 Å². The number of nitrogens with zero attached hydrogens (tertiary/aromatic N) is 1. The molecule has 0 unspecified atom stereocenters. The highest BCUT2D eigenvalue weighted by Crippen LogP contribution is 2.29. The van der Waals surface area contributed by atoms with Crippen molar-refractivity contribution in [3.8, 4) is 0 Å². The van der Waals surface area contributed by atoms with Crippen molar-refractivity contribution in [1.82, 2.24) is 5.32 Å². The molecule has 0 spiro atoms. The number of benzene rings is 1. The fraction of sp³-hybridized carbons (Fsp3) is 0.333. The average Bonchev–Trinajstić information content (AvgIpc) is 3.12. The lowest BCUT2D eigenvalue weighted by Crippen LogP contribution is -2.27. The molecule has 1 aliphatic rings. The number of anilines is 1. The molecule has 3 rings (SSSR count). The van der Waals surface area contributed by atoms with Crippen LogP contribution in [0, 0.1) is 6.92 Å². The lowest BCUT2D eigenvalue weighted by molar-refractivity contribution is -0.116. The molecule has 0 fully saturated rings. The first kappa shape index (κ1) is 15.3. The Kier molecular flexibility index (Phi) is 3.94. The van der Waals surface area contributed by atoms with Crippen LogP contribution in [-0.4, -0.2) is 18.4 Å². The summed E-state index contributed by atoms with van der Waals surface area (Å²) in [5.41, 5.74) is 2.54. The second-order valence-corrected chi connectivity index (χ2v) is 5.91. The quantitative estimate of drug-likeness (QED) is 0.947. The van der Waals surface area contributed by atoms with Gasteiger partial charge in [-0.1, -0.05) is 0 Å². The van der Waals surface area contributed by atoms with Crippen LogP contribution in [0.1, 0.15) is 47.3 Å². The SMILES string of the molecule is CC(=O)N1CCc2cc(C(=O)N[C@H](C)c3ccc(C)o3)ccc21. The van der Waals surface area contributed by atoms with Gasteiger partial charge in [-0.15, -0.1) is 0 Å². The van der Waals surface area contributed by atoms with Crippen LogP contribution in [0.2, 0.25) is 0 Å². The number of fused-ring (bicyclic) bond motifs is 1. The smallest absolute Gasteiger partial charge is 0.251 e. The number of hydrogen-bond acceptors (Lipinski definition) is 3. The van der Waals surface area contributed by atoms with Gasteiger partial charge in [-0.05, 0) is 56.2 Å². The Hall–Kier alpha value is -2.56. The Morgan fingerprint density at radius 2 is 2.04 bits per heavy atom. The van der Waals surface area contributed by atoms with E-state index in [1.54, 1.807) is 17.9 Å². The number of nitrogens with one attached hydrogen (secondary N) is 1. The third-order valence-electron chi connectivity index (χ3n) is 4.15. The Balaban J connectivity index is 1.75. The van der Waals surface area contributed by atoms with E-state index in [1.165, 1.54) is 0 Å². The van der Waals surface area contributed by atoms with Crippen molar-refractivity contribution < 1.29 is 14.0 Å².